The summed E-state index contributed by atoms with van der Waals surface area (Å²) in [6.45, 7) is 2.59. The Hall–Kier alpha value is -1.46. The summed E-state index contributed by atoms with van der Waals surface area (Å²) in [4.78, 5) is 8.57. The van der Waals surface area contributed by atoms with E-state index in [0.29, 0.717) is 11.0 Å². The molecule has 0 unspecified atom stereocenters. The maximum Gasteiger partial charge on any atom is 0.139 e. The monoisotopic (exact) mass is 367 g/mol. The van der Waals surface area contributed by atoms with Gasteiger partial charge in [-0.15, -0.1) is 11.6 Å². The highest BCUT2D eigenvalue weighted by Crippen LogP contribution is 2.26. The second-order valence-corrected chi connectivity index (χ2v) is 5.93. The zero-order valence-electron chi connectivity index (χ0n) is 11.3. The minimum Gasteiger partial charge on any atom is -0.322 e. The molecule has 108 valence electrons. The highest BCUT2D eigenvalue weighted by atomic mass is 79.9. The van der Waals surface area contributed by atoms with Crippen molar-refractivity contribution in [2.75, 3.05) is 0 Å². The third-order valence-corrected chi connectivity index (χ3v) is 4.30. The number of alkyl halides is 1. The molecule has 0 N–H and O–H groups in total. The summed E-state index contributed by atoms with van der Waals surface area (Å²) in [6.07, 6.45) is 3.56. The first kappa shape index (κ1) is 14.5. The van der Waals surface area contributed by atoms with Gasteiger partial charge in [0.25, 0.3) is 0 Å². The lowest BCUT2D eigenvalue weighted by Gasteiger charge is -2.10. The second-order valence-electron chi connectivity index (χ2n) is 4.80. The lowest BCUT2D eigenvalue weighted by Crippen LogP contribution is -2.05. The second kappa shape index (κ2) is 5.73. The summed E-state index contributed by atoms with van der Waals surface area (Å²) in [7, 11) is 0. The van der Waals surface area contributed by atoms with E-state index in [1.807, 2.05) is 23.8 Å². The van der Waals surface area contributed by atoms with E-state index in [1.54, 1.807) is 12.3 Å². The molecule has 3 rings (SSSR count). The highest BCUT2D eigenvalue weighted by Gasteiger charge is 2.14. The smallest absolute Gasteiger partial charge is 0.139 e. The fraction of sp³-hybridized carbons (Fsp3) is 0.200. The van der Waals surface area contributed by atoms with Crippen LogP contribution in [-0.2, 0) is 12.4 Å². The van der Waals surface area contributed by atoms with Gasteiger partial charge < -0.3 is 4.57 Å². The van der Waals surface area contributed by atoms with Crippen LogP contribution in [0.25, 0.3) is 11.0 Å². The predicted molar refractivity (Wildman–Crippen MR) is 85.0 cm³/mol. The number of halogens is 3. The minimum atomic E-state index is -0.309. The molecule has 0 bridgehead atoms. The molecule has 2 heterocycles. The first-order valence-electron chi connectivity index (χ1n) is 6.39. The largest absolute Gasteiger partial charge is 0.322 e. The number of pyridine rings is 1. The molecule has 0 saturated carbocycles. The lowest BCUT2D eigenvalue weighted by molar-refractivity contribution is 0.621. The molecule has 2 aromatic heterocycles. The molecular weight excluding hydrogens is 357 g/mol. The van der Waals surface area contributed by atoms with E-state index in [4.69, 9.17) is 11.6 Å². The summed E-state index contributed by atoms with van der Waals surface area (Å²) in [5.41, 5.74) is 3.66. The van der Waals surface area contributed by atoms with Crippen molar-refractivity contribution in [3.05, 3.63) is 57.8 Å². The lowest BCUT2D eigenvalue weighted by atomic mass is 10.1. The molecule has 0 aliphatic heterocycles. The molecule has 0 spiro atoms. The molecular formula is C15H12BrClFN3. The number of benzene rings is 1. The van der Waals surface area contributed by atoms with Crippen LogP contribution in [0.2, 0.25) is 0 Å². The standard InChI is InChI=1S/C15H12BrClFN3/c1-9-7-19-3-2-10(9)8-21-14-5-12(18)11(16)4-13(14)20-15(21)6-17/h2-5,7H,6,8H2,1H3. The quantitative estimate of drug-likeness (QED) is 0.640. The third kappa shape index (κ3) is 2.68. The van der Waals surface area contributed by atoms with E-state index in [2.05, 4.69) is 25.9 Å². The van der Waals surface area contributed by atoms with Crippen molar-refractivity contribution in [1.82, 2.24) is 14.5 Å². The van der Waals surface area contributed by atoms with Crippen LogP contribution in [0, 0.1) is 12.7 Å². The first-order chi connectivity index (χ1) is 10.1. The summed E-state index contributed by atoms with van der Waals surface area (Å²) in [5, 5.41) is 0. The summed E-state index contributed by atoms with van der Waals surface area (Å²) in [6, 6.07) is 5.12. The van der Waals surface area contributed by atoms with Crippen LogP contribution in [0.3, 0.4) is 0 Å². The van der Waals surface area contributed by atoms with Crippen LogP contribution in [-0.4, -0.2) is 14.5 Å². The van der Waals surface area contributed by atoms with Crippen molar-refractivity contribution in [3.63, 3.8) is 0 Å². The van der Waals surface area contributed by atoms with Gasteiger partial charge in [-0.3, -0.25) is 4.98 Å². The van der Waals surface area contributed by atoms with Gasteiger partial charge in [0.1, 0.15) is 11.6 Å². The molecule has 0 amide bonds. The van der Waals surface area contributed by atoms with E-state index >= 15 is 0 Å². The Kier molecular flexibility index (Phi) is 3.95. The molecule has 0 saturated heterocycles. The van der Waals surface area contributed by atoms with Crippen LogP contribution in [0.5, 0.6) is 0 Å². The Morgan fingerprint density at radius 1 is 1.38 bits per heavy atom. The molecule has 0 aliphatic carbocycles. The maximum atomic E-state index is 13.8. The van der Waals surface area contributed by atoms with E-state index in [1.165, 1.54) is 6.07 Å². The number of imidazole rings is 1. The van der Waals surface area contributed by atoms with Gasteiger partial charge in [-0.25, -0.2) is 9.37 Å². The summed E-state index contributed by atoms with van der Waals surface area (Å²) < 4.78 is 16.2. The van der Waals surface area contributed by atoms with Gasteiger partial charge in [-0.1, -0.05) is 0 Å². The van der Waals surface area contributed by atoms with Crippen molar-refractivity contribution >= 4 is 38.6 Å². The van der Waals surface area contributed by atoms with Crippen LogP contribution < -0.4 is 0 Å². The molecule has 0 atom stereocenters. The van der Waals surface area contributed by atoms with Crippen molar-refractivity contribution in [3.8, 4) is 0 Å². The van der Waals surface area contributed by atoms with Crippen molar-refractivity contribution < 1.29 is 4.39 Å². The van der Waals surface area contributed by atoms with Crippen LogP contribution in [0.15, 0.2) is 35.1 Å². The fourth-order valence-corrected chi connectivity index (χ4v) is 2.83. The number of rotatable bonds is 3. The number of aryl methyl sites for hydroxylation is 1. The molecule has 3 nitrogen and oxygen atoms in total. The summed E-state index contributed by atoms with van der Waals surface area (Å²) in [5.74, 6) is 0.689. The van der Waals surface area contributed by atoms with Gasteiger partial charge in [0, 0.05) is 25.0 Å². The predicted octanol–water partition coefficient (Wildman–Crippen LogP) is 4.43. The number of aromatic nitrogens is 3. The number of fused-ring (bicyclic) bond motifs is 1. The molecule has 0 aliphatic rings. The van der Waals surface area contributed by atoms with Gasteiger partial charge in [-0.05, 0) is 46.1 Å². The molecule has 3 aromatic rings. The average molecular weight is 369 g/mol. The molecule has 6 heteroatoms. The topological polar surface area (TPSA) is 30.7 Å². The van der Waals surface area contributed by atoms with Crippen molar-refractivity contribution in [1.29, 1.82) is 0 Å². The Bertz CT molecular complexity index is 816. The van der Waals surface area contributed by atoms with Gasteiger partial charge in [0.05, 0.1) is 21.4 Å². The zero-order chi connectivity index (χ0) is 15.0. The normalized spacial score (nSPS) is 11.2. The van der Waals surface area contributed by atoms with Crippen LogP contribution in [0.1, 0.15) is 17.0 Å². The van der Waals surface area contributed by atoms with Gasteiger partial charge >= 0.3 is 0 Å². The van der Waals surface area contributed by atoms with Gasteiger partial charge in [0.2, 0.25) is 0 Å². The Labute approximate surface area is 134 Å². The van der Waals surface area contributed by atoms with E-state index in [9.17, 15) is 4.39 Å². The molecule has 1 aromatic carbocycles. The van der Waals surface area contributed by atoms with Crippen LogP contribution >= 0.6 is 27.5 Å². The highest BCUT2D eigenvalue weighted by molar-refractivity contribution is 9.10. The average Bonchev–Trinajstić information content (AvgIpc) is 2.79. The van der Waals surface area contributed by atoms with Gasteiger partial charge in [-0.2, -0.15) is 0 Å². The molecule has 21 heavy (non-hydrogen) atoms. The molecule has 0 fully saturated rings. The van der Waals surface area contributed by atoms with E-state index in [0.717, 1.165) is 28.0 Å². The van der Waals surface area contributed by atoms with E-state index in [-0.39, 0.29) is 11.7 Å². The van der Waals surface area contributed by atoms with Crippen molar-refractivity contribution in [2.24, 2.45) is 0 Å². The minimum absolute atomic E-state index is 0.276. The number of nitrogens with zero attached hydrogens (tertiary/aromatic N) is 3. The fourth-order valence-electron chi connectivity index (χ4n) is 2.30. The van der Waals surface area contributed by atoms with Gasteiger partial charge in [0.15, 0.2) is 0 Å². The number of hydrogen-bond acceptors (Lipinski definition) is 2. The SMILES string of the molecule is Cc1cnccc1Cn1c(CCl)nc2cc(Br)c(F)cc21. The Balaban J connectivity index is 2.16. The van der Waals surface area contributed by atoms with Crippen molar-refractivity contribution in [2.45, 2.75) is 19.3 Å². The zero-order valence-corrected chi connectivity index (χ0v) is 13.6. The Morgan fingerprint density at radius 3 is 2.90 bits per heavy atom. The molecule has 0 radical (unpaired) electrons. The first-order valence-corrected chi connectivity index (χ1v) is 7.72. The van der Waals surface area contributed by atoms with Crippen LogP contribution in [0.4, 0.5) is 4.39 Å². The van der Waals surface area contributed by atoms with E-state index < -0.39 is 0 Å². The maximum absolute atomic E-state index is 13.8. The summed E-state index contributed by atoms with van der Waals surface area (Å²) >= 11 is 9.17. The Morgan fingerprint density at radius 2 is 2.19 bits per heavy atom. The third-order valence-electron chi connectivity index (χ3n) is 3.45. The number of hydrogen-bond donors (Lipinski definition) is 0.